The van der Waals surface area contributed by atoms with Crippen LogP contribution in [0.15, 0.2) is 12.7 Å². The van der Waals surface area contributed by atoms with Crippen LogP contribution in [-0.4, -0.2) is 11.1 Å². The van der Waals surface area contributed by atoms with Crippen molar-refractivity contribution >= 4 is 5.97 Å². The summed E-state index contributed by atoms with van der Waals surface area (Å²) in [6, 6.07) is 0. The summed E-state index contributed by atoms with van der Waals surface area (Å²) < 4.78 is 0. The molecule has 0 saturated heterocycles. The van der Waals surface area contributed by atoms with Crippen molar-refractivity contribution in [3.63, 3.8) is 0 Å². The van der Waals surface area contributed by atoms with E-state index in [9.17, 15) is 9.90 Å². The van der Waals surface area contributed by atoms with Crippen molar-refractivity contribution in [1.29, 1.82) is 0 Å². The molecule has 0 spiro atoms. The number of carboxylic acid groups (broad SMARTS) is 1. The lowest BCUT2D eigenvalue weighted by atomic mass is 9.72. The maximum Gasteiger partial charge on any atom is 0.307 e. The molecule has 2 fully saturated rings. The molecule has 1 N–H and O–H groups in total. The Balaban J connectivity index is 1.68. The Morgan fingerprint density at radius 3 is 2.00 bits per heavy atom. The van der Waals surface area contributed by atoms with Gasteiger partial charge in [0.2, 0.25) is 0 Å². The zero-order chi connectivity index (χ0) is 15.9. The molecule has 0 aliphatic heterocycles. The van der Waals surface area contributed by atoms with Gasteiger partial charge in [0.05, 0.1) is 5.92 Å². The summed E-state index contributed by atoms with van der Waals surface area (Å²) in [5.41, 5.74) is 0. The van der Waals surface area contributed by atoms with Gasteiger partial charge in [0.15, 0.2) is 0 Å². The van der Waals surface area contributed by atoms with Gasteiger partial charge >= 0.3 is 5.97 Å². The Hall–Kier alpha value is -0.790. The molecular formula is C20H34O2. The van der Waals surface area contributed by atoms with E-state index in [1.165, 1.54) is 51.4 Å². The summed E-state index contributed by atoms with van der Waals surface area (Å²) in [4.78, 5) is 11.4. The summed E-state index contributed by atoms with van der Waals surface area (Å²) >= 11 is 0. The van der Waals surface area contributed by atoms with Crippen molar-refractivity contribution in [3.05, 3.63) is 12.7 Å². The molecule has 0 aromatic rings. The number of hydrogen-bond donors (Lipinski definition) is 1. The number of allylic oxidation sites excluding steroid dienone is 1. The van der Waals surface area contributed by atoms with Gasteiger partial charge in [-0.15, -0.1) is 6.58 Å². The van der Waals surface area contributed by atoms with Crippen molar-refractivity contribution in [1.82, 2.24) is 0 Å². The summed E-state index contributed by atoms with van der Waals surface area (Å²) in [6.45, 7) is 6.10. The van der Waals surface area contributed by atoms with Crippen LogP contribution in [0.4, 0.5) is 0 Å². The summed E-state index contributed by atoms with van der Waals surface area (Å²) in [6.07, 6.45) is 15.6. The SMILES string of the molecule is C=CCC(C(=O)O)C1CCC(CC[C@H]2CC[C@H](C)CC2)CC1. The minimum atomic E-state index is -0.625. The normalized spacial score (nSPS) is 34.0. The zero-order valence-corrected chi connectivity index (χ0v) is 14.3. The first-order valence-electron chi connectivity index (χ1n) is 9.43. The fourth-order valence-electron chi connectivity index (χ4n) is 4.64. The van der Waals surface area contributed by atoms with Gasteiger partial charge in [0.1, 0.15) is 0 Å². The highest BCUT2D eigenvalue weighted by Gasteiger charge is 2.31. The molecule has 2 rings (SSSR count). The molecule has 1 unspecified atom stereocenters. The Kier molecular flexibility index (Phi) is 6.98. The van der Waals surface area contributed by atoms with Gasteiger partial charge in [0.25, 0.3) is 0 Å². The second-order valence-electron chi connectivity index (χ2n) is 7.95. The van der Waals surface area contributed by atoms with E-state index in [1.807, 2.05) is 0 Å². The van der Waals surface area contributed by atoms with Crippen molar-refractivity contribution < 1.29 is 9.90 Å². The van der Waals surface area contributed by atoms with Crippen LogP contribution in [0.25, 0.3) is 0 Å². The first kappa shape index (κ1) is 17.6. The van der Waals surface area contributed by atoms with Crippen molar-refractivity contribution in [3.8, 4) is 0 Å². The fraction of sp³-hybridized carbons (Fsp3) is 0.850. The lowest BCUT2D eigenvalue weighted by Crippen LogP contribution is -2.27. The highest BCUT2D eigenvalue weighted by Crippen LogP contribution is 2.39. The number of carbonyl (C=O) groups is 1. The summed E-state index contributed by atoms with van der Waals surface area (Å²) in [5, 5.41) is 9.37. The van der Waals surface area contributed by atoms with E-state index >= 15 is 0 Å². The average molecular weight is 306 g/mol. The van der Waals surface area contributed by atoms with Crippen LogP contribution < -0.4 is 0 Å². The lowest BCUT2D eigenvalue weighted by Gasteiger charge is -2.33. The summed E-state index contributed by atoms with van der Waals surface area (Å²) in [5.74, 6) is 2.33. The van der Waals surface area contributed by atoms with E-state index in [4.69, 9.17) is 0 Å². The molecule has 2 nitrogen and oxygen atoms in total. The quantitative estimate of drug-likeness (QED) is 0.615. The van der Waals surface area contributed by atoms with Gasteiger partial charge < -0.3 is 5.11 Å². The van der Waals surface area contributed by atoms with Gasteiger partial charge in [-0.05, 0) is 42.9 Å². The van der Waals surface area contributed by atoms with E-state index in [0.717, 1.165) is 30.6 Å². The Morgan fingerprint density at radius 2 is 1.55 bits per heavy atom. The van der Waals surface area contributed by atoms with Crippen LogP contribution in [-0.2, 0) is 4.79 Å². The van der Waals surface area contributed by atoms with Crippen molar-refractivity contribution in [2.24, 2.45) is 29.6 Å². The van der Waals surface area contributed by atoms with Crippen molar-refractivity contribution in [2.75, 3.05) is 0 Å². The molecule has 126 valence electrons. The minimum absolute atomic E-state index is 0.196. The van der Waals surface area contributed by atoms with Crippen LogP contribution in [0.1, 0.15) is 77.6 Å². The van der Waals surface area contributed by atoms with Crippen LogP contribution in [0.2, 0.25) is 0 Å². The maximum absolute atomic E-state index is 11.4. The Morgan fingerprint density at radius 1 is 1.05 bits per heavy atom. The molecule has 0 aromatic carbocycles. The van der Waals surface area contributed by atoms with Gasteiger partial charge in [-0.1, -0.05) is 64.4 Å². The molecule has 2 saturated carbocycles. The number of carboxylic acids is 1. The predicted molar refractivity (Wildman–Crippen MR) is 91.7 cm³/mol. The molecule has 0 amide bonds. The van der Waals surface area contributed by atoms with E-state index in [2.05, 4.69) is 13.5 Å². The molecule has 0 heterocycles. The highest BCUT2D eigenvalue weighted by molar-refractivity contribution is 5.70. The van der Waals surface area contributed by atoms with Crippen LogP contribution in [0, 0.1) is 29.6 Å². The molecule has 1 atom stereocenters. The third-order valence-corrected chi connectivity index (χ3v) is 6.32. The largest absolute Gasteiger partial charge is 0.481 e. The fourth-order valence-corrected chi connectivity index (χ4v) is 4.64. The van der Waals surface area contributed by atoms with E-state index in [-0.39, 0.29) is 5.92 Å². The first-order chi connectivity index (χ1) is 10.6. The minimum Gasteiger partial charge on any atom is -0.481 e. The molecule has 2 aliphatic rings. The van der Waals surface area contributed by atoms with Crippen LogP contribution in [0.5, 0.6) is 0 Å². The predicted octanol–water partition coefficient (Wildman–Crippen LogP) is 5.68. The third-order valence-electron chi connectivity index (χ3n) is 6.32. The molecule has 0 bridgehead atoms. The van der Waals surface area contributed by atoms with E-state index in [0.29, 0.717) is 12.3 Å². The molecule has 0 radical (unpaired) electrons. The summed E-state index contributed by atoms with van der Waals surface area (Å²) in [7, 11) is 0. The standard InChI is InChI=1S/C20H34O2/c1-3-4-19(20(21)22)18-13-11-17(12-14-18)10-9-16-7-5-15(2)6-8-16/h3,15-19H,1,4-14H2,2H3,(H,21,22)/t15-,16-,17?,18?,19?. The number of rotatable bonds is 7. The lowest BCUT2D eigenvalue weighted by molar-refractivity contribution is -0.144. The van der Waals surface area contributed by atoms with Crippen LogP contribution >= 0.6 is 0 Å². The zero-order valence-electron chi connectivity index (χ0n) is 14.3. The Bertz CT molecular complexity index is 347. The van der Waals surface area contributed by atoms with Gasteiger partial charge in [0, 0.05) is 0 Å². The highest BCUT2D eigenvalue weighted by atomic mass is 16.4. The average Bonchev–Trinajstić information content (AvgIpc) is 2.52. The maximum atomic E-state index is 11.4. The van der Waals surface area contributed by atoms with Gasteiger partial charge in [-0.3, -0.25) is 4.79 Å². The third kappa shape index (κ3) is 5.14. The smallest absolute Gasteiger partial charge is 0.307 e. The number of hydrogen-bond acceptors (Lipinski definition) is 1. The molecule has 2 heteroatoms. The second kappa shape index (κ2) is 8.74. The molecular weight excluding hydrogens is 272 g/mol. The molecule has 22 heavy (non-hydrogen) atoms. The Labute approximate surface area is 136 Å². The second-order valence-corrected chi connectivity index (χ2v) is 7.95. The molecule has 2 aliphatic carbocycles. The monoisotopic (exact) mass is 306 g/mol. The first-order valence-corrected chi connectivity index (χ1v) is 9.43. The van der Waals surface area contributed by atoms with E-state index < -0.39 is 5.97 Å². The van der Waals surface area contributed by atoms with Crippen molar-refractivity contribution in [2.45, 2.75) is 77.6 Å². The van der Waals surface area contributed by atoms with Gasteiger partial charge in [-0.25, -0.2) is 0 Å². The van der Waals surface area contributed by atoms with Crippen LogP contribution in [0.3, 0.4) is 0 Å². The topological polar surface area (TPSA) is 37.3 Å². The molecule has 0 aromatic heterocycles. The van der Waals surface area contributed by atoms with E-state index in [1.54, 1.807) is 6.08 Å². The van der Waals surface area contributed by atoms with Gasteiger partial charge in [-0.2, -0.15) is 0 Å². The number of aliphatic carboxylic acids is 1.